The molecule has 3 rings (SSSR count). The number of rotatable bonds is 4. The fraction of sp³-hybridized carbons (Fsp3) is 0.533. The van der Waals surface area contributed by atoms with Crippen LogP contribution in [0.5, 0.6) is 0 Å². The zero-order chi connectivity index (χ0) is 15.5. The van der Waals surface area contributed by atoms with Crippen LogP contribution in [0.3, 0.4) is 0 Å². The molecule has 0 unspecified atom stereocenters. The SMILES string of the molecule is Cc1nc([C@@H]2CCCN(C(=O)CCc3ccc(Cl)s3)C2)no1. The molecule has 1 aliphatic heterocycles. The van der Waals surface area contributed by atoms with Crippen LogP contribution in [-0.2, 0) is 11.2 Å². The minimum absolute atomic E-state index is 0.186. The molecule has 0 bridgehead atoms. The Kier molecular flexibility index (Phi) is 4.78. The summed E-state index contributed by atoms with van der Waals surface area (Å²) in [5, 5.41) is 3.99. The average Bonchev–Trinajstić information content (AvgIpc) is 3.13. The van der Waals surface area contributed by atoms with Gasteiger partial charge in [0.15, 0.2) is 5.82 Å². The molecule has 1 amide bonds. The lowest BCUT2D eigenvalue weighted by molar-refractivity contribution is -0.132. The topological polar surface area (TPSA) is 59.2 Å². The maximum absolute atomic E-state index is 12.4. The molecule has 1 fully saturated rings. The van der Waals surface area contributed by atoms with E-state index in [2.05, 4.69) is 10.1 Å². The number of hydrogen-bond donors (Lipinski definition) is 0. The first-order valence-corrected chi connectivity index (χ1v) is 8.63. The van der Waals surface area contributed by atoms with E-state index in [4.69, 9.17) is 16.1 Å². The van der Waals surface area contributed by atoms with Gasteiger partial charge in [-0.1, -0.05) is 16.8 Å². The third-order valence-electron chi connectivity index (χ3n) is 3.90. The summed E-state index contributed by atoms with van der Waals surface area (Å²) in [6.07, 6.45) is 3.26. The molecule has 0 N–H and O–H groups in total. The number of thiophene rings is 1. The monoisotopic (exact) mass is 339 g/mol. The van der Waals surface area contributed by atoms with Crippen molar-refractivity contribution in [3.05, 3.63) is 33.1 Å². The van der Waals surface area contributed by atoms with Crippen molar-refractivity contribution in [2.45, 2.75) is 38.5 Å². The molecule has 22 heavy (non-hydrogen) atoms. The Morgan fingerprint density at radius 3 is 3.09 bits per heavy atom. The average molecular weight is 340 g/mol. The highest BCUT2D eigenvalue weighted by atomic mass is 35.5. The summed E-state index contributed by atoms with van der Waals surface area (Å²) in [7, 11) is 0. The molecular formula is C15H18ClN3O2S. The molecule has 118 valence electrons. The van der Waals surface area contributed by atoms with Crippen LogP contribution in [0.2, 0.25) is 4.34 Å². The number of aromatic nitrogens is 2. The van der Waals surface area contributed by atoms with Crippen molar-refractivity contribution in [2.24, 2.45) is 0 Å². The Bertz CT molecular complexity index is 655. The van der Waals surface area contributed by atoms with Crippen molar-refractivity contribution in [1.29, 1.82) is 0 Å². The summed E-state index contributed by atoms with van der Waals surface area (Å²) >= 11 is 7.45. The van der Waals surface area contributed by atoms with Gasteiger partial charge < -0.3 is 9.42 Å². The van der Waals surface area contributed by atoms with E-state index in [1.165, 1.54) is 11.3 Å². The van der Waals surface area contributed by atoms with E-state index in [-0.39, 0.29) is 11.8 Å². The fourth-order valence-corrected chi connectivity index (χ4v) is 3.86. The smallest absolute Gasteiger partial charge is 0.223 e. The lowest BCUT2D eigenvalue weighted by atomic mass is 9.97. The molecule has 0 aliphatic carbocycles. The van der Waals surface area contributed by atoms with E-state index < -0.39 is 0 Å². The number of likely N-dealkylation sites (tertiary alicyclic amines) is 1. The van der Waals surface area contributed by atoms with Gasteiger partial charge in [-0.3, -0.25) is 4.79 Å². The zero-order valence-corrected chi connectivity index (χ0v) is 14.0. The van der Waals surface area contributed by atoms with Crippen molar-refractivity contribution in [1.82, 2.24) is 15.0 Å². The van der Waals surface area contributed by atoms with Crippen LogP contribution in [0.4, 0.5) is 0 Å². The molecular weight excluding hydrogens is 322 g/mol. The molecule has 3 heterocycles. The number of halogens is 1. The van der Waals surface area contributed by atoms with Crippen LogP contribution in [0.15, 0.2) is 16.7 Å². The maximum Gasteiger partial charge on any atom is 0.223 e. The van der Waals surface area contributed by atoms with E-state index in [9.17, 15) is 4.79 Å². The molecule has 0 spiro atoms. The second kappa shape index (κ2) is 6.79. The molecule has 1 aliphatic rings. The molecule has 5 nitrogen and oxygen atoms in total. The van der Waals surface area contributed by atoms with Gasteiger partial charge in [-0.05, 0) is 31.4 Å². The third-order valence-corrected chi connectivity index (χ3v) is 5.19. The fourth-order valence-electron chi connectivity index (χ4n) is 2.77. The van der Waals surface area contributed by atoms with E-state index in [0.29, 0.717) is 18.9 Å². The van der Waals surface area contributed by atoms with Gasteiger partial charge in [0.25, 0.3) is 0 Å². The predicted octanol–water partition coefficient (Wildman–Crippen LogP) is 3.43. The first kappa shape index (κ1) is 15.5. The van der Waals surface area contributed by atoms with Crippen LogP contribution >= 0.6 is 22.9 Å². The quantitative estimate of drug-likeness (QED) is 0.856. The summed E-state index contributed by atoms with van der Waals surface area (Å²) in [6.45, 7) is 3.29. The summed E-state index contributed by atoms with van der Waals surface area (Å²) < 4.78 is 5.82. The minimum Gasteiger partial charge on any atom is -0.342 e. The number of amides is 1. The van der Waals surface area contributed by atoms with Gasteiger partial charge in [-0.2, -0.15) is 4.98 Å². The Morgan fingerprint density at radius 2 is 2.41 bits per heavy atom. The van der Waals surface area contributed by atoms with Gasteiger partial charge in [-0.25, -0.2) is 0 Å². The molecule has 0 aromatic carbocycles. The number of nitrogens with zero attached hydrogens (tertiary/aromatic N) is 3. The number of hydrogen-bond acceptors (Lipinski definition) is 5. The largest absolute Gasteiger partial charge is 0.342 e. The van der Waals surface area contributed by atoms with Crippen molar-refractivity contribution in [2.75, 3.05) is 13.1 Å². The predicted molar refractivity (Wildman–Crippen MR) is 85.2 cm³/mol. The van der Waals surface area contributed by atoms with Crippen LogP contribution in [0.25, 0.3) is 0 Å². The summed E-state index contributed by atoms with van der Waals surface area (Å²) in [5.74, 6) is 1.67. The highest BCUT2D eigenvalue weighted by Crippen LogP contribution is 2.26. The maximum atomic E-state index is 12.4. The Morgan fingerprint density at radius 1 is 1.55 bits per heavy atom. The molecule has 1 saturated heterocycles. The van der Waals surface area contributed by atoms with Crippen molar-refractivity contribution >= 4 is 28.8 Å². The van der Waals surface area contributed by atoms with Crippen molar-refractivity contribution in [3.8, 4) is 0 Å². The standard InChI is InChI=1S/C15H18ClN3O2S/c1-10-17-15(18-21-10)11-3-2-8-19(9-11)14(20)7-5-12-4-6-13(16)22-12/h4,6,11H,2-3,5,7-9H2,1H3/t11-/m1/s1. The van der Waals surface area contributed by atoms with Crippen LogP contribution in [0.1, 0.15) is 41.8 Å². The number of aryl methyl sites for hydroxylation is 2. The number of piperidine rings is 1. The Balaban J connectivity index is 1.55. The van der Waals surface area contributed by atoms with Crippen LogP contribution in [0, 0.1) is 6.92 Å². The highest BCUT2D eigenvalue weighted by Gasteiger charge is 2.27. The minimum atomic E-state index is 0.186. The van der Waals surface area contributed by atoms with E-state index >= 15 is 0 Å². The molecule has 0 radical (unpaired) electrons. The van der Waals surface area contributed by atoms with E-state index in [1.54, 1.807) is 6.92 Å². The van der Waals surface area contributed by atoms with E-state index in [1.807, 2.05) is 17.0 Å². The molecule has 1 atom stereocenters. The summed E-state index contributed by atoms with van der Waals surface area (Å²) in [6, 6.07) is 3.86. The van der Waals surface area contributed by atoms with Crippen LogP contribution < -0.4 is 0 Å². The Hall–Kier alpha value is -1.40. The molecule has 2 aromatic rings. The first-order chi connectivity index (χ1) is 10.6. The van der Waals surface area contributed by atoms with Crippen molar-refractivity contribution < 1.29 is 9.32 Å². The van der Waals surface area contributed by atoms with Crippen LogP contribution in [-0.4, -0.2) is 34.0 Å². The summed E-state index contributed by atoms with van der Waals surface area (Å²) in [4.78, 5) is 19.8. The van der Waals surface area contributed by atoms with Gasteiger partial charge in [0, 0.05) is 37.2 Å². The van der Waals surface area contributed by atoms with E-state index in [0.717, 1.165) is 40.8 Å². The molecule has 2 aromatic heterocycles. The first-order valence-electron chi connectivity index (χ1n) is 7.44. The molecule has 0 saturated carbocycles. The second-order valence-electron chi connectivity index (χ2n) is 5.56. The highest BCUT2D eigenvalue weighted by molar-refractivity contribution is 7.16. The van der Waals surface area contributed by atoms with Gasteiger partial charge in [0.1, 0.15) is 0 Å². The third kappa shape index (κ3) is 3.67. The molecule has 7 heteroatoms. The lowest BCUT2D eigenvalue weighted by Crippen LogP contribution is -2.39. The Labute approximate surface area is 138 Å². The second-order valence-corrected chi connectivity index (χ2v) is 7.36. The summed E-state index contributed by atoms with van der Waals surface area (Å²) in [5.41, 5.74) is 0. The van der Waals surface area contributed by atoms with Crippen molar-refractivity contribution in [3.63, 3.8) is 0 Å². The normalized spacial score (nSPS) is 18.6. The van der Waals surface area contributed by atoms with Gasteiger partial charge in [-0.15, -0.1) is 11.3 Å². The van der Waals surface area contributed by atoms with Gasteiger partial charge >= 0.3 is 0 Å². The lowest BCUT2D eigenvalue weighted by Gasteiger charge is -2.31. The van der Waals surface area contributed by atoms with Gasteiger partial charge in [0.05, 0.1) is 4.34 Å². The van der Waals surface area contributed by atoms with Gasteiger partial charge in [0.2, 0.25) is 11.8 Å². The number of carbonyl (C=O) groups excluding carboxylic acids is 1. The zero-order valence-electron chi connectivity index (χ0n) is 12.4. The number of carbonyl (C=O) groups is 1.